The number of nitrogens with one attached hydrogen (secondary N) is 2. The zero-order valence-corrected chi connectivity index (χ0v) is 15.4. The van der Waals surface area contributed by atoms with Crippen LogP contribution in [0.25, 0.3) is 0 Å². The second-order valence-electron chi connectivity index (χ2n) is 5.48. The lowest BCUT2D eigenvalue weighted by Gasteiger charge is -2.11. The van der Waals surface area contributed by atoms with Crippen molar-refractivity contribution in [1.82, 2.24) is 5.43 Å². The maximum Gasteiger partial charge on any atom is 0.339 e. The Bertz CT molecular complexity index is 834. The van der Waals surface area contributed by atoms with Gasteiger partial charge in [0.1, 0.15) is 5.75 Å². The molecule has 0 radical (unpaired) electrons. The van der Waals surface area contributed by atoms with Crippen LogP contribution in [-0.4, -0.2) is 31.1 Å². The Kier molecular flexibility index (Phi) is 7.25. The number of methoxy groups -OCH3 is 1. The second-order valence-corrected chi connectivity index (χ2v) is 5.48. The summed E-state index contributed by atoms with van der Waals surface area (Å²) in [6.07, 6.45) is 3.64. The van der Waals surface area contributed by atoms with E-state index in [2.05, 4.69) is 22.4 Å². The Morgan fingerprint density at radius 2 is 2.07 bits per heavy atom. The lowest BCUT2D eigenvalue weighted by Crippen LogP contribution is -2.24. The molecule has 0 aliphatic carbocycles. The highest BCUT2D eigenvalue weighted by Gasteiger charge is 2.10. The zero-order chi connectivity index (χ0) is 19.6. The lowest BCUT2D eigenvalue weighted by molar-refractivity contribution is 0.252. The van der Waals surface area contributed by atoms with Crippen molar-refractivity contribution >= 4 is 17.9 Å². The van der Waals surface area contributed by atoms with Crippen molar-refractivity contribution < 1.29 is 19.4 Å². The van der Waals surface area contributed by atoms with Gasteiger partial charge in [0.2, 0.25) is 0 Å². The number of benzene rings is 2. The van der Waals surface area contributed by atoms with Crippen LogP contribution in [0, 0.1) is 0 Å². The van der Waals surface area contributed by atoms with Crippen LogP contribution in [0.3, 0.4) is 0 Å². The normalized spacial score (nSPS) is 10.4. The smallest absolute Gasteiger partial charge is 0.339 e. The van der Waals surface area contributed by atoms with E-state index in [0.717, 1.165) is 0 Å². The number of carbonyl (C=O) groups excluding carboxylic acids is 1. The fourth-order valence-electron chi connectivity index (χ4n) is 2.40. The average Bonchev–Trinajstić information content (AvgIpc) is 2.66. The molecule has 142 valence electrons. The number of allylic oxidation sites excluding steroid dienone is 1. The molecule has 27 heavy (non-hydrogen) atoms. The Hall–Kier alpha value is -3.48. The number of ether oxygens (including phenoxy) is 2. The van der Waals surface area contributed by atoms with Gasteiger partial charge in [-0.25, -0.2) is 10.2 Å². The number of para-hydroxylation sites is 2. The lowest BCUT2D eigenvalue weighted by atomic mass is 10.1. The number of hydrazone groups is 1. The fraction of sp³-hybridized carbons (Fsp3) is 0.200. The first-order chi connectivity index (χ1) is 13.1. The predicted octanol–water partition coefficient (Wildman–Crippen LogP) is 3.68. The number of carbonyl (C=O) groups is 1. The zero-order valence-electron chi connectivity index (χ0n) is 15.4. The molecule has 0 aromatic heterocycles. The van der Waals surface area contributed by atoms with E-state index in [1.54, 1.807) is 36.4 Å². The maximum atomic E-state index is 12.0. The minimum Gasteiger partial charge on any atom is -0.504 e. The minimum atomic E-state index is -0.508. The van der Waals surface area contributed by atoms with Crippen LogP contribution in [0.15, 0.2) is 54.2 Å². The molecular formula is C20H23N3O4. The van der Waals surface area contributed by atoms with E-state index in [9.17, 15) is 9.90 Å². The summed E-state index contributed by atoms with van der Waals surface area (Å²) >= 11 is 0. The highest BCUT2D eigenvalue weighted by Crippen LogP contribution is 2.32. The number of nitrogens with zero attached hydrogens (tertiary/aromatic N) is 1. The Balaban J connectivity index is 2.08. The van der Waals surface area contributed by atoms with Crippen molar-refractivity contribution in [2.45, 2.75) is 13.3 Å². The molecule has 0 unspecified atom stereocenters. The summed E-state index contributed by atoms with van der Waals surface area (Å²) in [6.45, 7) is 5.93. The summed E-state index contributed by atoms with van der Waals surface area (Å²) < 4.78 is 10.6. The van der Waals surface area contributed by atoms with E-state index in [1.165, 1.54) is 13.3 Å². The standard InChI is InChI=1S/C20H23N3O4/c1-4-8-15-11-14(12-18(19(15)24)27-5-2)13-21-23-20(25)22-16-9-6-7-10-17(16)26-3/h4,6-7,9-13,24H,1,5,8H2,2-3H3,(H2,22,23,25)/b21-13+. The summed E-state index contributed by atoms with van der Waals surface area (Å²) in [6, 6.07) is 9.95. The second kappa shape index (κ2) is 9.86. The molecule has 0 fully saturated rings. The van der Waals surface area contributed by atoms with Crippen molar-refractivity contribution in [2.24, 2.45) is 5.10 Å². The van der Waals surface area contributed by atoms with E-state index < -0.39 is 6.03 Å². The van der Waals surface area contributed by atoms with Crippen LogP contribution < -0.4 is 20.2 Å². The molecule has 2 aromatic rings. The molecule has 2 rings (SSSR count). The van der Waals surface area contributed by atoms with Gasteiger partial charge in [-0.05, 0) is 43.2 Å². The van der Waals surface area contributed by atoms with Gasteiger partial charge in [-0.2, -0.15) is 5.10 Å². The van der Waals surface area contributed by atoms with E-state index in [1.807, 2.05) is 13.0 Å². The van der Waals surface area contributed by atoms with E-state index in [4.69, 9.17) is 9.47 Å². The van der Waals surface area contributed by atoms with E-state index in [0.29, 0.717) is 41.3 Å². The highest BCUT2D eigenvalue weighted by atomic mass is 16.5. The van der Waals surface area contributed by atoms with Crippen molar-refractivity contribution in [2.75, 3.05) is 19.0 Å². The van der Waals surface area contributed by atoms with Gasteiger partial charge in [0.25, 0.3) is 0 Å². The first kappa shape index (κ1) is 19.8. The quantitative estimate of drug-likeness (QED) is 0.376. The number of aromatic hydroxyl groups is 1. The van der Waals surface area contributed by atoms with Crippen LogP contribution in [-0.2, 0) is 6.42 Å². The SMILES string of the molecule is C=CCc1cc(/C=N/NC(=O)Nc2ccccc2OC)cc(OCC)c1O. The molecule has 0 atom stereocenters. The first-order valence-electron chi connectivity index (χ1n) is 8.41. The van der Waals surface area contributed by atoms with Crippen molar-refractivity contribution in [3.05, 3.63) is 60.2 Å². The van der Waals surface area contributed by atoms with Gasteiger partial charge in [-0.3, -0.25) is 0 Å². The molecule has 0 aliphatic rings. The topological polar surface area (TPSA) is 92.2 Å². The Morgan fingerprint density at radius 3 is 2.78 bits per heavy atom. The van der Waals surface area contributed by atoms with Crippen LogP contribution >= 0.6 is 0 Å². The number of hydrogen-bond donors (Lipinski definition) is 3. The van der Waals surface area contributed by atoms with Crippen LogP contribution in [0.5, 0.6) is 17.2 Å². The van der Waals surface area contributed by atoms with Gasteiger partial charge in [-0.1, -0.05) is 18.2 Å². The number of hydrogen-bond acceptors (Lipinski definition) is 5. The number of rotatable bonds is 8. The molecule has 0 aliphatic heterocycles. The van der Waals surface area contributed by atoms with Crippen LogP contribution in [0.2, 0.25) is 0 Å². The molecule has 3 N–H and O–H groups in total. The van der Waals surface area contributed by atoms with Gasteiger partial charge in [0.15, 0.2) is 11.5 Å². The molecule has 0 saturated carbocycles. The molecule has 7 nitrogen and oxygen atoms in total. The Labute approximate surface area is 158 Å². The Morgan fingerprint density at radius 1 is 1.30 bits per heavy atom. The minimum absolute atomic E-state index is 0.0794. The number of phenols is 1. The third-order valence-corrected chi connectivity index (χ3v) is 3.58. The van der Waals surface area contributed by atoms with Crippen molar-refractivity contribution in [3.8, 4) is 17.2 Å². The summed E-state index contributed by atoms with van der Waals surface area (Å²) in [4.78, 5) is 12.0. The van der Waals surface area contributed by atoms with Gasteiger partial charge in [-0.15, -0.1) is 6.58 Å². The fourth-order valence-corrected chi connectivity index (χ4v) is 2.40. The average molecular weight is 369 g/mol. The highest BCUT2D eigenvalue weighted by molar-refractivity contribution is 5.92. The maximum absolute atomic E-state index is 12.0. The number of amides is 2. The van der Waals surface area contributed by atoms with E-state index in [-0.39, 0.29) is 5.75 Å². The molecule has 7 heteroatoms. The van der Waals surface area contributed by atoms with Crippen LogP contribution in [0.4, 0.5) is 10.5 Å². The van der Waals surface area contributed by atoms with Crippen LogP contribution in [0.1, 0.15) is 18.1 Å². The van der Waals surface area contributed by atoms with Gasteiger partial charge in [0.05, 0.1) is 25.6 Å². The molecule has 2 aromatic carbocycles. The number of anilines is 1. The molecule has 2 amide bonds. The number of phenolic OH excluding ortho intramolecular Hbond substituents is 1. The summed E-state index contributed by atoms with van der Waals surface area (Å²) in [5.74, 6) is 0.984. The molecule has 0 spiro atoms. The molecular weight excluding hydrogens is 346 g/mol. The molecule has 0 bridgehead atoms. The predicted molar refractivity (Wildman–Crippen MR) is 106 cm³/mol. The molecule has 0 heterocycles. The van der Waals surface area contributed by atoms with Gasteiger partial charge < -0.3 is 19.9 Å². The summed E-state index contributed by atoms with van der Waals surface area (Å²) in [7, 11) is 1.53. The summed E-state index contributed by atoms with van der Waals surface area (Å²) in [5, 5.41) is 16.8. The van der Waals surface area contributed by atoms with Gasteiger partial charge in [0, 0.05) is 5.56 Å². The number of urea groups is 1. The largest absolute Gasteiger partial charge is 0.504 e. The van der Waals surface area contributed by atoms with Crippen molar-refractivity contribution in [3.63, 3.8) is 0 Å². The molecule has 0 saturated heterocycles. The monoisotopic (exact) mass is 369 g/mol. The third kappa shape index (κ3) is 5.50. The third-order valence-electron chi connectivity index (χ3n) is 3.58. The van der Waals surface area contributed by atoms with Crippen molar-refractivity contribution in [1.29, 1.82) is 0 Å². The van der Waals surface area contributed by atoms with Gasteiger partial charge >= 0.3 is 6.03 Å². The van der Waals surface area contributed by atoms with E-state index >= 15 is 0 Å². The summed E-state index contributed by atoms with van der Waals surface area (Å²) in [5.41, 5.74) is 4.26. The first-order valence-corrected chi connectivity index (χ1v) is 8.41.